The number of ketones is 1. The molecule has 2 aromatic rings. The maximum Gasteiger partial charge on any atom is 0.186 e. The molecule has 0 amide bonds. The Labute approximate surface area is 116 Å². The Morgan fingerprint density at radius 3 is 2.16 bits per heavy atom. The Balaban J connectivity index is 2.10. The lowest BCUT2D eigenvalue weighted by atomic mass is 10.3. The van der Waals surface area contributed by atoms with Gasteiger partial charge in [0, 0.05) is 11.8 Å². The number of nitrogens with zero attached hydrogens (tertiary/aromatic N) is 1. The van der Waals surface area contributed by atoms with Crippen LogP contribution in [-0.2, 0) is 4.79 Å². The number of thioether (sulfide) groups is 1. The normalized spacial score (nSPS) is 11.1. The van der Waals surface area contributed by atoms with Crippen molar-refractivity contribution in [3.63, 3.8) is 0 Å². The molecule has 96 valence electrons. The van der Waals surface area contributed by atoms with Gasteiger partial charge in [-0.3, -0.25) is 10.2 Å². The first-order valence-corrected chi connectivity index (χ1v) is 6.70. The second kappa shape index (κ2) is 6.75. The number of rotatable bonds is 4. The third-order valence-electron chi connectivity index (χ3n) is 2.32. The van der Waals surface area contributed by atoms with Crippen LogP contribution in [0.15, 0.2) is 70.7 Å². The van der Waals surface area contributed by atoms with Gasteiger partial charge in [0.15, 0.2) is 10.8 Å². The van der Waals surface area contributed by atoms with Gasteiger partial charge in [0.1, 0.15) is 0 Å². The number of hydrazone groups is 1. The fourth-order valence-electron chi connectivity index (χ4n) is 1.40. The highest BCUT2D eigenvalue weighted by atomic mass is 32.2. The summed E-state index contributed by atoms with van der Waals surface area (Å²) in [6.07, 6.45) is 0. The van der Waals surface area contributed by atoms with Crippen LogP contribution >= 0.6 is 11.8 Å². The lowest BCUT2D eigenvalue weighted by molar-refractivity contribution is -0.110. The number of anilines is 1. The van der Waals surface area contributed by atoms with Crippen LogP contribution in [0.1, 0.15) is 6.92 Å². The van der Waals surface area contributed by atoms with E-state index in [1.54, 1.807) is 0 Å². The van der Waals surface area contributed by atoms with Crippen molar-refractivity contribution in [1.82, 2.24) is 0 Å². The molecular formula is C15H14N2OS. The van der Waals surface area contributed by atoms with Gasteiger partial charge in [-0.15, -0.1) is 0 Å². The van der Waals surface area contributed by atoms with E-state index in [0.717, 1.165) is 10.6 Å². The highest BCUT2D eigenvalue weighted by Gasteiger charge is 2.08. The molecule has 0 bridgehead atoms. The van der Waals surface area contributed by atoms with E-state index < -0.39 is 0 Å². The zero-order valence-electron chi connectivity index (χ0n) is 10.5. The van der Waals surface area contributed by atoms with Gasteiger partial charge in [0.25, 0.3) is 0 Å². The van der Waals surface area contributed by atoms with Crippen molar-refractivity contribution in [2.75, 3.05) is 5.43 Å². The van der Waals surface area contributed by atoms with Crippen LogP contribution in [0.5, 0.6) is 0 Å². The fraction of sp³-hybridized carbons (Fsp3) is 0.0667. The minimum absolute atomic E-state index is 0.0581. The Morgan fingerprint density at radius 2 is 1.58 bits per heavy atom. The molecule has 19 heavy (non-hydrogen) atoms. The number of hydrogen-bond donors (Lipinski definition) is 1. The smallest absolute Gasteiger partial charge is 0.186 e. The minimum Gasteiger partial charge on any atom is -0.292 e. The second-order valence-corrected chi connectivity index (χ2v) is 4.93. The molecule has 2 aromatic carbocycles. The zero-order valence-corrected chi connectivity index (χ0v) is 11.4. The van der Waals surface area contributed by atoms with Crippen molar-refractivity contribution in [2.45, 2.75) is 11.8 Å². The number of nitrogens with one attached hydrogen (secondary N) is 1. The molecule has 0 atom stereocenters. The van der Waals surface area contributed by atoms with E-state index >= 15 is 0 Å². The molecule has 0 aliphatic rings. The molecule has 4 heteroatoms. The number of carbonyl (C=O) groups excluding carboxylic acids is 1. The monoisotopic (exact) mass is 270 g/mol. The molecule has 0 aromatic heterocycles. The SMILES string of the molecule is CC(=O)/C(=N\Nc1ccccc1)Sc1ccccc1. The predicted octanol–water partition coefficient (Wildman–Crippen LogP) is 3.79. The average molecular weight is 270 g/mol. The summed E-state index contributed by atoms with van der Waals surface area (Å²) >= 11 is 1.35. The third kappa shape index (κ3) is 4.26. The zero-order chi connectivity index (χ0) is 13.5. The Hall–Kier alpha value is -2.07. The average Bonchev–Trinajstić information content (AvgIpc) is 2.45. The first-order valence-electron chi connectivity index (χ1n) is 5.88. The van der Waals surface area contributed by atoms with Crippen LogP contribution in [-0.4, -0.2) is 10.8 Å². The van der Waals surface area contributed by atoms with Gasteiger partial charge in [-0.1, -0.05) is 48.2 Å². The molecule has 1 N–H and O–H groups in total. The number of Topliss-reactive ketones (excluding diaryl/α,β-unsaturated/α-hetero) is 1. The first kappa shape index (κ1) is 13.4. The van der Waals surface area contributed by atoms with Crippen LogP contribution in [0.3, 0.4) is 0 Å². The summed E-state index contributed by atoms with van der Waals surface area (Å²) < 4.78 is 0. The standard InChI is InChI=1S/C15H14N2OS/c1-12(18)15(19-14-10-6-3-7-11-14)17-16-13-8-4-2-5-9-13/h2-11,16H,1H3/b17-15+. The topological polar surface area (TPSA) is 41.5 Å². The summed E-state index contributed by atoms with van der Waals surface area (Å²) in [7, 11) is 0. The molecule has 0 saturated carbocycles. The van der Waals surface area contributed by atoms with Crippen LogP contribution in [0.4, 0.5) is 5.69 Å². The number of carbonyl (C=O) groups is 1. The molecule has 0 aliphatic carbocycles. The molecular weight excluding hydrogens is 256 g/mol. The summed E-state index contributed by atoms with van der Waals surface area (Å²) in [5.74, 6) is -0.0581. The lowest BCUT2D eigenvalue weighted by Gasteiger charge is -2.04. The van der Waals surface area contributed by atoms with Crippen LogP contribution in [0, 0.1) is 0 Å². The summed E-state index contributed by atoms with van der Waals surface area (Å²) in [6.45, 7) is 1.52. The number of benzene rings is 2. The molecule has 0 spiro atoms. The van der Waals surface area contributed by atoms with Gasteiger partial charge in [-0.25, -0.2) is 0 Å². The van der Waals surface area contributed by atoms with Crippen molar-refractivity contribution < 1.29 is 4.79 Å². The minimum atomic E-state index is -0.0581. The van der Waals surface area contributed by atoms with Gasteiger partial charge in [-0.2, -0.15) is 5.10 Å². The van der Waals surface area contributed by atoms with E-state index in [1.807, 2.05) is 60.7 Å². The summed E-state index contributed by atoms with van der Waals surface area (Å²) in [6, 6.07) is 19.3. The van der Waals surface area contributed by atoms with Gasteiger partial charge in [0.05, 0.1) is 5.69 Å². The quantitative estimate of drug-likeness (QED) is 0.398. The molecule has 0 aliphatic heterocycles. The molecule has 0 radical (unpaired) electrons. The first-order chi connectivity index (χ1) is 9.25. The maximum atomic E-state index is 11.6. The largest absolute Gasteiger partial charge is 0.292 e. The van der Waals surface area contributed by atoms with E-state index in [2.05, 4.69) is 10.5 Å². The summed E-state index contributed by atoms with van der Waals surface area (Å²) in [5, 5.41) is 4.61. The fourth-order valence-corrected chi connectivity index (χ4v) is 2.15. The predicted molar refractivity (Wildman–Crippen MR) is 80.5 cm³/mol. The highest BCUT2D eigenvalue weighted by molar-refractivity contribution is 8.15. The molecule has 0 saturated heterocycles. The van der Waals surface area contributed by atoms with Gasteiger partial charge < -0.3 is 0 Å². The van der Waals surface area contributed by atoms with Crippen molar-refractivity contribution in [1.29, 1.82) is 0 Å². The van der Waals surface area contributed by atoms with Crippen molar-refractivity contribution in [2.24, 2.45) is 5.10 Å². The van der Waals surface area contributed by atoms with Gasteiger partial charge in [-0.05, 0) is 24.3 Å². The Bertz CT molecular complexity index is 567. The molecule has 0 fully saturated rings. The summed E-state index contributed by atoms with van der Waals surface area (Å²) in [4.78, 5) is 12.6. The lowest BCUT2D eigenvalue weighted by Crippen LogP contribution is -2.07. The molecule has 2 rings (SSSR count). The van der Waals surface area contributed by atoms with Crippen LogP contribution < -0.4 is 5.43 Å². The van der Waals surface area contributed by atoms with Gasteiger partial charge >= 0.3 is 0 Å². The van der Waals surface area contributed by atoms with Crippen molar-refractivity contribution in [3.05, 3.63) is 60.7 Å². The second-order valence-electron chi connectivity index (χ2n) is 3.87. The van der Waals surface area contributed by atoms with E-state index in [0.29, 0.717) is 5.04 Å². The molecule has 0 unspecified atom stereocenters. The Morgan fingerprint density at radius 1 is 1.00 bits per heavy atom. The van der Waals surface area contributed by atoms with Crippen LogP contribution in [0.25, 0.3) is 0 Å². The van der Waals surface area contributed by atoms with Gasteiger partial charge in [0.2, 0.25) is 0 Å². The molecule has 3 nitrogen and oxygen atoms in total. The highest BCUT2D eigenvalue weighted by Crippen LogP contribution is 2.20. The van der Waals surface area contributed by atoms with E-state index in [9.17, 15) is 4.79 Å². The van der Waals surface area contributed by atoms with E-state index in [1.165, 1.54) is 18.7 Å². The van der Waals surface area contributed by atoms with E-state index in [-0.39, 0.29) is 5.78 Å². The summed E-state index contributed by atoms with van der Waals surface area (Å²) in [5.41, 5.74) is 3.75. The number of para-hydroxylation sites is 1. The van der Waals surface area contributed by atoms with Crippen molar-refractivity contribution >= 4 is 28.3 Å². The van der Waals surface area contributed by atoms with Crippen LogP contribution in [0.2, 0.25) is 0 Å². The Kier molecular flexibility index (Phi) is 4.75. The maximum absolute atomic E-state index is 11.6. The van der Waals surface area contributed by atoms with E-state index in [4.69, 9.17) is 0 Å². The number of hydrogen-bond acceptors (Lipinski definition) is 4. The molecule has 0 heterocycles. The third-order valence-corrected chi connectivity index (χ3v) is 3.40. The van der Waals surface area contributed by atoms with Crippen molar-refractivity contribution in [3.8, 4) is 0 Å².